The molecule has 6 nitrogen and oxygen atoms in total. The second-order valence-corrected chi connectivity index (χ2v) is 6.82. The summed E-state index contributed by atoms with van der Waals surface area (Å²) in [6, 6.07) is 9.80. The molecule has 116 valence electrons. The normalized spacial score (nSPS) is 11.0. The lowest BCUT2D eigenvalue weighted by Crippen LogP contribution is -2.13. The molecule has 0 aromatic heterocycles. The standard InChI is InChI=1S/C14H12BrNO5S/c1-21-13-7-6-11(8-12(13)15)22(19,20)16-10-4-2-9(3-5-10)14(17)18/h2-8,16H,1H3,(H,17,18). The van der Waals surface area contributed by atoms with E-state index in [1.165, 1.54) is 49.6 Å². The molecule has 0 aliphatic carbocycles. The van der Waals surface area contributed by atoms with E-state index < -0.39 is 16.0 Å². The minimum absolute atomic E-state index is 0.0579. The van der Waals surface area contributed by atoms with Crippen LogP contribution in [0.25, 0.3) is 0 Å². The summed E-state index contributed by atoms with van der Waals surface area (Å²) in [6.45, 7) is 0. The largest absolute Gasteiger partial charge is 0.496 e. The Morgan fingerprint density at radius 1 is 1.18 bits per heavy atom. The van der Waals surface area contributed by atoms with Gasteiger partial charge in [-0.1, -0.05) is 0 Å². The van der Waals surface area contributed by atoms with Crippen LogP contribution in [0.1, 0.15) is 10.4 Å². The fourth-order valence-corrected chi connectivity index (χ4v) is 3.49. The Labute approximate surface area is 135 Å². The molecule has 22 heavy (non-hydrogen) atoms. The molecule has 0 amide bonds. The Bertz CT molecular complexity index is 802. The number of carboxylic acid groups (broad SMARTS) is 1. The third-order valence-electron chi connectivity index (χ3n) is 2.82. The van der Waals surface area contributed by atoms with Gasteiger partial charge < -0.3 is 9.84 Å². The van der Waals surface area contributed by atoms with Gasteiger partial charge in [0, 0.05) is 5.69 Å². The first-order valence-corrected chi connectivity index (χ1v) is 8.31. The molecule has 0 saturated heterocycles. The van der Waals surface area contributed by atoms with Gasteiger partial charge in [0.15, 0.2) is 0 Å². The lowest BCUT2D eigenvalue weighted by molar-refractivity contribution is 0.0697. The Kier molecular flexibility index (Phi) is 4.72. The van der Waals surface area contributed by atoms with Crippen LogP contribution in [-0.4, -0.2) is 26.6 Å². The summed E-state index contributed by atoms with van der Waals surface area (Å²) in [6.07, 6.45) is 0. The second-order valence-electron chi connectivity index (χ2n) is 4.28. The first kappa shape index (κ1) is 16.3. The molecule has 0 aliphatic rings. The molecule has 0 bridgehead atoms. The zero-order chi connectivity index (χ0) is 16.3. The predicted molar refractivity (Wildman–Crippen MR) is 84.9 cm³/mol. The summed E-state index contributed by atoms with van der Waals surface area (Å²) in [5.41, 5.74) is 0.354. The van der Waals surface area contributed by atoms with E-state index in [-0.39, 0.29) is 16.1 Å². The number of rotatable bonds is 5. The van der Waals surface area contributed by atoms with Gasteiger partial charge in [-0.25, -0.2) is 13.2 Å². The number of anilines is 1. The van der Waals surface area contributed by atoms with Gasteiger partial charge in [0.2, 0.25) is 0 Å². The highest BCUT2D eigenvalue weighted by Crippen LogP contribution is 2.28. The Hall–Kier alpha value is -2.06. The molecule has 2 aromatic rings. The molecule has 2 aromatic carbocycles. The molecule has 0 spiro atoms. The lowest BCUT2D eigenvalue weighted by Gasteiger charge is -2.10. The molecular weight excluding hydrogens is 374 g/mol. The van der Waals surface area contributed by atoms with Crippen molar-refractivity contribution in [3.8, 4) is 5.75 Å². The second kappa shape index (κ2) is 6.37. The fourth-order valence-electron chi connectivity index (χ4n) is 1.71. The third kappa shape index (κ3) is 3.58. The van der Waals surface area contributed by atoms with E-state index in [1.54, 1.807) is 0 Å². The van der Waals surface area contributed by atoms with Crippen molar-refractivity contribution in [3.05, 3.63) is 52.5 Å². The average molecular weight is 386 g/mol. The van der Waals surface area contributed by atoms with Crippen molar-refractivity contribution < 1.29 is 23.1 Å². The smallest absolute Gasteiger partial charge is 0.335 e. The van der Waals surface area contributed by atoms with Crippen LogP contribution in [0.15, 0.2) is 51.8 Å². The van der Waals surface area contributed by atoms with E-state index >= 15 is 0 Å². The SMILES string of the molecule is COc1ccc(S(=O)(=O)Nc2ccc(C(=O)O)cc2)cc1Br. The van der Waals surface area contributed by atoms with E-state index in [1.807, 2.05) is 0 Å². The summed E-state index contributed by atoms with van der Waals surface area (Å²) in [5, 5.41) is 8.81. The number of nitrogens with one attached hydrogen (secondary N) is 1. The number of methoxy groups -OCH3 is 1. The van der Waals surface area contributed by atoms with Crippen molar-refractivity contribution in [2.75, 3.05) is 11.8 Å². The van der Waals surface area contributed by atoms with Crippen LogP contribution in [0, 0.1) is 0 Å². The lowest BCUT2D eigenvalue weighted by atomic mass is 10.2. The van der Waals surface area contributed by atoms with Crippen LogP contribution in [0.3, 0.4) is 0 Å². The summed E-state index contributed by atoms with van der Waals surface area (Å²) < 4.78 is 32.5. The maximum absolute atomic E-state index is 12.3. The minimum Gasteiger partial charge on any atom is -0.496 e. The van der Waals surface area contributed by atoms with Crippen LogP contribution >= 0.6 is 15.9 Å². The van der Waals surface area contributed by atoms with Gasteiger partial charge in [-0.05, 0) is 58.4 Å². The first-order chi connectivity index (χ1) is 10.3. The van der Waals surface area contributed by atoms with Gasteiger partial charge in [0.1, 0.15) is 5.75 Å². The molecule has 0 saturated carbocycles. The third-order valence-corrected chi connectivity index (χ3v) is 4.82. The highest BCUT2D eigenvalue weighted by atomic mass is 79.9. The fraction of sp³-hybridized carbons (Fsp3) is 0.0714. The van der Waals surface area contributed by atoms with E-state index in [9.17, 15) is 13.2 Å². The van der Waals surface area contributed by atoms with Gasteiger partial charge in [-0.15, -0.1) is 0 Å². The summed E-state index contributed by atoms with van der Waals surface area (Å²) in [7, 11) is -2.29. The molecule has 2 rings (SSSR count). The number of carboxylic acids is 1. The number of hydrogen-bond donors (Lipinski definition) is 2. The molecule has 0 heterocycles. The van der Waals surface area contributed by atoms with Crippen LogP contribution in [-0.2, 0) is 10.0 Å². The number of halogens is 1. The molecule has 8 heteroatoms. The molecule has 0 atom stereocenters. The molecule has 0 aliphatic heterocycles. The number of ether oxygens (including phenoxy) is 1. The maximum Gasteiger partial charge on any atom is 0.335 e. The highest BCUT2D eigenvalue weighted by Gasteiger charge is 2.16. The van der Waals surface area contributed by atoms with Crippen molar-refractivity contribution in [1.82, 2.24) is 0 Å². The first-order valence-electron chi connectivity index (χ1n) is 6.03. The van der Waals surface area contributed by atoms with Gasteiger partial charge in [0.25, 0.3) is 10.0 Å². The molecule has 0 fully saturated rings. The number of hydrogen-bond acceptors (Lipinski definition) is 4. The van der Waals surface area contributed by atoms with Crippen molar-refractivity contribution >= 4 is 37.6 Å². The summed E-state index contributed by atoms with van der Waals surface area (Å²) >= 11 is 3.23. The van der Waals surface area contributed by atoms with Crippen LogP contribution in [0.4, 0.5) is 5.69 Å². The number of benzene rings is 2. The van der Waals surface area contributed by atoms with Gasteiger partial charge in [0.05, 0.1) is 22.0 Å². The molecule has 0 radical (unpaired) electrons. The number of carbonyl (C=O) groups is 1. The average Bonchev–Trinajstić information content (AvgIpc) is 2.47. The molecule has 0 unspecified atom stereocenters. The van der Waals surface area contributed by atoms with Gasteiger partial charge in [-0.2, -0.15) is 0 Å². The van der Waals surface area contributed by atoms with Crippen LogP contribution in [0.2, 0.25) is 0 Å². The van der Waals surface area contributed by atoms with Crippen LogP contribution in [0.5, 0.6) is 5.75 Å². The zero-order valence-electron chi connectivity index (χ0n) is 11.4. The quantitative estimate of drug-likeness (QED) is 0.824. The van der Waals surface area contributed by atoms with E-state index in [0.717, 1.165) is 0 Å². The monoisotopic (exact) mass is 385 g/mol. The Morgan fingerprint density at radius 3 is 2.32 bits per heavy atom. The summed E-state index contributed by atoms with van der Waals surface area (Å²) in [5.74, 6) is -0.557. The van der Waals surface area contributed by atoms with Crippen LogP contribution < -0.4 is 9.46 Å². The Balaban J connectivity index is 2.27. The van der Waals surface area contributed by atoms with Crippen molar-refractivity contribution in [1.29, 1.82) is 0 Å². The topological polar surface area (TPSA) is 92.7 Å². The van der Waals surface area contributed by atoms with Crippen molar-refractivity contribution in [2.45, 2.75) is 4.90 Å². The maximum atomic E-state index is 12.3. The van der Waals surface area contributed by atoms with Gasteiger partial charge >= 0.3 is 5.97 Å². The zero-order valence-corrected chi connectivity index (χ0v) is 13.8. The summed E-state index contributed by atoms with van der Waals surface area (Å²) in [4.78, 5) is 10.8. The predicted octanol–water partition coefficient (Wildman–Crippen LogP) is 2.96. The highest BCUT2D eigenvalue weighted by molar-refractivity contribution is 9.10. The van der Waals surface area contributed by atoms with Gasteiger partial charge in [-0.3, -0.25) is 4.72 Å². The number of aromatic carboxylic acids is 1. The van der Waals surface area contributed by atoms with E-state index in [0.29, 0.717) is 10.2 Å². The van der Waals surface area contributed by atoms with Crippen molar-refractivity contribution in [3.63, 3.8) is 0 Å². The van der Waals surface area contributed by atoms with E-state index in [4.69, 9.17) is 9.84 Å². The molecule has 2 N–H and O–H groups in total. The molecular formula is C14H12BrNO5S. The number of sulfonamides is 1. The Morgan fingerprint density at radius 2 is 1.82 bits per heavy atom. The minimum atomic E-state index is -3.78. The van der Waals surface area contributed by atoms with Crippen molar-refractivity contribution in [2.24, 2.45) is 0 Å². The van der Waals surface area contributed by atoms with E-state index in [2.05, 4.69) is 20.7 Å².